The summed E-state index contributed by atoms with van der Waals surface area (Å²) in [6, 6.07) is 2.07. The van der Waals surface area contributed by atoms with Gasteiger partial charge < -0.3 is 0 Å². The second-order valence-corrected chi connectivity index (χ2v) is 3.47. The fourth-order valence-corrected chi connectivity index (χ4v) is 2.25. The van der Waals surface area contributed by atoms with Crippen LogP contribution >= 0.6 is 11.3 Å². The largest absolute Gasteiger partial charge is 0.293 e. The van der Waals surface area contributed by atoms with Crippen molar-refractivity contribution in [1.29, 1.82) is 0 Å². The third-order valence-electron chi connectivity index (χ3n) is 1.85. The van der Waals surface area contributed by atoms with Gasteiger partial charge in [0.2, 0.25) is 0 Å². The summed E-state index contributed by atoms with van der Waals surface area (Å²) in [5.74, 6) is 0.344. The van der Waals surface area contributed by atoms with Crippen molar-refractivity contribution in [3.8, 4) is 0 Å². The Bertz CT molecular complexity index is 263. The molecule has 2 heteroatoms. The lowest BCUT2D eigenvalue weighted by molar-refractivity contribution is 0.0977. The standard InChI is InChI=1S/C8H8OS.C2H6/c9-7-3-1-2-6-4-5-10-8(6)7;1-2/h4-5H,1-3H2;1-2H3. The number of hydrogen-bond acceptors (Lipinski definition) is 2. The van der Waals surface area contributed by atoms with Gasteiger partial charge in [-0.3, -0.25) is 4.79 Å². The van der Waals surface area contributed by atoms with Gasteiger partial charge in [-0.05, 0) is 29.9 Å². The predicted octanol–water partition coefficient (Wildman–Crippen LogP) is 3.29. The molecule has 0 spiro atoms. The molecule has 1 aromatic heterocycles. The molecular formula is C10H14OS. The van der Waals surface area contributed by atoms with Crippen LogP contribution in [-0.2, 0) is 6.42 Å². The lowest BCUT2D eigenvalue weighted by atomic mass is 9.99. The average Bonchev–Trinajstić information content (AvgIpc) is 2.57. The molecule has 0 fully saturated rings. The van der Waals surface area contributed by atoms with Crippen LogP contribution < -0.4 is 0 Å². The Morgan fingerprint density at radius 3 is 2.75 bits per heavy atom. The Balaban J connectivity index is 0.000000336. The van der Waals surface area contributed by atoms with E-state index in [-0.39, 0.29) is 0 Å². The maximum atomic E-state index is 11.2. The summed E-state index contributed by atoms with van der Waals surface area (Å²) in [6.45, 7) is 4.00. The van der Waals surface area contributed by atoms with Crippen molar-refractivity contribution < 1.29 is 4.79 Å². The second-order valence-electron chi connectivity index (χ2n) is 2.55. The van der Waals surface area contributed by atoms with Crippen LogP contribution in [0.25, 0.3) is 0 Å². The third kappa shape index (κ3) is 1.75. The molecule has 0 saturated heterocycles. The molecule has 66 valence electrons. The van der Waals surface area contributed by atoms with Crippen LogP contribution in [0.15, 0.2) is 11.4 Å². The van der Waals surface area contributed by atoms with E-state index in [2.05, 4.69) is 6.07 Å². The zero-order valence-corrected chi connectivity index (χ0v) is 8.41. The third-order valence-corrected chi connectivity index (χ3v) is 2.85. The van der Waals surface area contributed by atoms with E-state index in [1.54, 1.807) is 11.3 Å². The molecule has 1 aliphatic rings. The minimum Gasteiger partial charge on any atom is -0.293 e. The highest BCUT2D eigenvalue weighted by Gasteiger charge is 2.17. The van der Waals surface area contributed by atoms with Crippen molar-refractivity contribution in [1.82, 2.24) is 0 Å². The zero-order chi connectivity index (χ0) is 8.97. The van der Waals surface area contributed by atoms with Gasteiger partial charge in [-0.2, -0.15) is 0 Å². The maximum absolute atomic E-state index is 11.2. The predicted molar refractivity (Wildman–Crippen MR) is 52.9 cm³/mol. The molecule has 1 nitrogen and oxygen atoms in total. The van der Waals surface area contributed by atoms with Gasteiger partial charge in [0.1, 0.15) is 0 Å². The van der Waals surface area contributed by atoms with Gasteiger partial charge in [-0.15, -0.1) is 11.3 Å². The number of aryl methyl sites for hydroxylation is 1. The van der Waals surface area contributed by atoms with E-state index in [1.165, 1.54) is 5.56 Å². The first-order valence-electron chi connectivity index (χ1n) is 4.47. The molecule has 0 atom stereocenters. The second kappa shape index (κ2) is 4.41. The SMILES string of the molecule is CC.O=C1CCCc2ccsc21. The van der Waals surface area contributed by atoms with E-state index in [4.69, 9.17) is 0 Å². The number of ketones is 1. The van der Waals surface area contributed by atoms with Crippen molar-refractivity contribution >= 4 is 17.1 Å². The number of thiophene rings is 1. The van der Waals surface area contributed by atoms with E-state index in [0.29, 0.717) is 5.78 Å². The van der Waals surface area contributed by atoms with Crippen molar-refractivity contribution in [3.63, 3.8) is 0 Å². The van der Waals surface area contributed by atoms with Crippen LogP contribution in [0.2, 0.25) is 0 Å². The Labute approximate surface area is 77.4 Å². The summed E-state index contributed by atoms with van der Waals surface area (Å²) in [5.41, 5.74) is 1.27. The van der Waals surface area contributed by atoms with Gasteiger partial charge in [0, 0.05) is 6.42 Å². The van der Waals surface area contributed by atoms with Crippen molar-refractivity contribution in [2.75, 3.05) is 0 Å². The molecule has 0 aliphatic heterocycles. The lowest BCUT2D eigenvalue weighted by Crippen LogP contribution is -2.06. The molecule has 1 aliphatic carbocycles. The number of Topliss-reactive ketones (excluding diaryl/α,β-unsaturated/α-hetero) is 1. The molecule has 0 radical (unpaired) electrons. The Kier molecular flexibility index (Phi) is 3.48. The summed E-state index contributed by atoms with van der Waals surface area (Å²) < 4.78 is 0. The van der Waals surface area contributed by atoms with Gasteiger partial charge in [-0.25, -0.2) is 0 Å². The van der Waals surface area contributed by atoms with Gasteiger partial charge >= 0.3 is 0 Å². The summed E-state index contributed by atoms with van der Waals surface area (Å²) in [7, 11) is 0. The van der Waals surface area contributed by atoms with E-state index in [9.17, 15) is 4.79 Å². The maximum Gasteiger partial charge on any atom is 0.173 e. The molecule has 0 N–H and O–H groups in total. The molecular weight excluding hydrogens is 168 g/mol. The van der Waals surface area contributed by atoms with Crippen LogP contribution in [0.4, 0.5) is 0 Å². The number of rotatable bonds is 0. The normalized spacial score (nSPS) is 14.7. The fraction of sp³-hybridized carbons (Fsp3) is 0.500. The van der Waals surface area contributed by atoms with E-state index >= 15 is 0 Å². The fourth-order valence-electron chi connectivity index (χ4n) is 1.33. The summed E-state index contributed by atoms with van der Waals surface area (Å²) in [5, 5.41) is 2.01. The van der Waals surface area contributed by atoms with Crippen LogP contribution in [0.5, 0.6) is 0 Å². The van der Waals surface area contributed by atoms with E-state index in [1.807, 2.05) is 19.2 Å². The van der Waals surface area contributed by atoms with Gasteiger partial charge in [0.15, 0.2) is 5.78 Å². The van der Waals surface area contributed by atoms with Crippen molar-refractivity contribution in [2.24, 2.45) is 0 Å². The minimum atomic E-state index is 0.344. The Morgan fingerprint density at radius 2 is 2.08 bits per heavy atom. The van der Waals surface area contributed by atoms with Gasteiger partial charge in [-0.1, -0.05) is 13.8 Å². The highest BCUT2D eigenvalue weighted by atomic mass is 32.1. The average molecular weight is 182 g/mol. The van der Waals surface area contributed by atoms with Crippen molar-refractivity contribution in [3.05, 3.63) is 21.9 Å². The Morgan fingerprint density at radius 1 is 1.33 bits per heavy atom. The highest BCUT2D eigenvalue weighted by Crippen LogP contribution is 2.25. The molecule has 1 aromatic rings. The van der Waals surface area contributed by atoms with Crippen LogP contribution in [0.3, 0.4) is 0 Å². The lowest BCUT2D eigenvalue weighted by Gasteiger charge is -2.07. The van der Waals surface area contributed by atoms with E-state index < -0.39 is 0 Å². The molecule has 1 heterocycles. The number of carbonyl (C=O) groups is 1. The molecule has 0 unspecified atom stereocenters. The highest BCUT2D eigenvalue weighted by molar-refractivity contribution is 7.12. The quantitative estimate of drug-likeness (QED) is 0.601. The Hall–Kier alpha value is -0.630. The smallest absolute Gasteiger partial charge is 0.173 e. The molecule has 0 aromatic carbocycles. The first kappa shape index (κ1) is 9.46. The first-order chi connectivity index (χ1) is 5.88. The van der Waals surface area contributed by atoms with Gasteiger partial charge in [0.05, 0.1) is 4.88 Å². The number of carbonyl (C=O) groups excluding carboxylic acids is 1. The molecule has 0 bridgehead atoms. The van der Waals surface area contributed by atoms with Crippen LogP contribution in [0.1, 0.15) is 41.9 Å². The summed E-state index contributed by atoms with van der Waals surface area (Å²) in [4.78, 5) is 12.2. The topological polar surface area (TPSA) is 17.1 Å². The van der Waals surface area contributed by atoms with Crippen molar-refractivity contribution in [2.45, 2.75) is 33.1 Å². The van der Waals surface area contributed by atoms with Crippen LogP contribution in [0, 0.1) is 0 Å². The number of hydrogen-bond donors (Lipinski definition) is 0. The summed E-state index contributed by atoms with van der Waals surface area (Å²) >= 11 is 1.58. The monoisotopic (exact) mass is 182 g/mol. The molecule has 2 rings (SSSR count). The minimum absolute atomic E-state index is 0.344. The van der Waals surface area contributed by atoms with Crippen LogP contribution in [-0.4, -0.2) is 5.78 Å². The molecule has 12 heavy (non-hydrogen) atoms. The summed E-state index contributed by atoms with van der Waals surface area (Å²) in [6.07, 6.45) is 2.90. The zero-order valence-electron chi connectivity index (χ0n) is 7.59. The van der Waals surface area contributed by atoms with Gasteiger partial charge in [0.25, 0.3) is 0 Å². The molecule has 0 amide bonds. The first-order valence-corrected chi connectivity index (χ1v) is 5.35. The van der Waals surface area contributed by atoms with E-state index in [0.717, 1.165) is 24.1 Å². The number of fused-ring (bicyclic) bond motifs is 1. The molecule has 0 saturated carbocycles.